The molecule has 5 nitrogen and oxygen atoms in total. The van der Waals surface area contributed by atoms with Gasteiger partial charge in [-0.2, -0.15) is 5.26 Å². The van der Waals surface area contributed by atoms with Crippen LogP contribution in [0.15, 0.2) is 41.0 Å². The highest BCUT2D eigenvalue weighted by molar-refractivity contribution is 5.96. The number of nitrogens with zero attached hydrogens (tertiary/aromatic N) is 1. The number of nitriles is 1. The molecule has 1 saturated carbocycles. The van der Waals surface area contributed by atoms with E-state index >= 15 is 0 Å². The van der Waals surface area contributed by atoms with Crippen LogP contribution in [-0.2, 0) is 4.79 Å². The summed E-state index contributed by atoms with van der Waals surface area (Å²) in [5.74, 6) is 0.544. The van der Waals surface area contributed by atoms with Gasteiger partial charge in [-0.1, -0.05) is 0 Å². The third-order valence-corrected chi connectivity index (χ3v) is 3.42. The summed E-state index contributed by atoms with van der Waals surface area (Å²) in [7, 11) is 0. The predicted octanol–water partition coefficient (Wildman–Crippen LogP) is 2.60. The van der Waals surface area contributed by atoms with Gasteiger partial charge in [-0.05, 0) is 36.8 Å². The number of phenols is 1. The first-order valence-corrected chi connectivity index (χ1v) is 6.26. The lowest BCUT2D eigenvalue weighted by Gasteiger charge is -2.07. The van der Waals surface area contributed by atoms with Gasteiger partial charge in [0.2, 0.25) is 5.91 Å². The Kier molecular flexibility index (Phi) is 2.92. The Hall–Kier alpha value is -2.74. The highest BCUT2D eigenvalue weighted by atomic mass is 16.3. The summed E-state index contributed by atoms with van der Waals surface area (Å²) in [6, 6.07) is 9.96. The van der Waals surface area contributed by atoms with Crippen molar-refractivity contribution in [2.24, 2.45) is 5.92 Å². The number of furan rings is 1. The SMILES string of the molecule is N#Cc1ccc(O)c(NC(=O)C2CC2c2ccco2)c1. The Bertz CT molecular complexity index is 686. The minimum atomic E-state index is -0.170. The normalized spacial score (nSPS) is 20.1. The van der Waals surface area contributed by atoms with Gasteiger partial charge in [0.1, 0.15) is 11.5 Å². The molecular formula is C15H12N2O3. The second-order valence-electron chi connectivity index (χ2n) is 4.80. The summed E-state index contributed by atoms with van der Waals surface area (Å²) in [5, 5.41) is 21.2. The lowest BCUT2D eigenvalue weighted by molar-refractivity contribution is -0.117. The van der Waals surface area contributed by atoms with E-state index in [1.807, 2.05) is 12.1 Å². The van der Waals surface area contributed by atoms with Crippen molar-refractivity contribution in [2.45, 2.75) is 12.3 Å². The molecule has 2 N–H and O–H groups in total. The Morgan fingerprint density at radius 1 is 1.45 bits per heavy atom. The van der Waals surface area contributed by atoms with E-state index in [1.54, 1.807) is 12.3 Å². The van der Waals surface area contributed by atoms with Gasteiger partial charge >= 0.3 is 0 Å². The van der Waals surface area contributed by atoms with E-state index < -0.39 is 0 Å². The van der Waals surface area contributed by atoms with Crippen molar-refractivity contribution in [1.29, 1.82) is 5.26 Å². The summed E-state index contributed by atoms with van der Waals surface area (Å²) >= 11 is 0. The zero-order chi connectivity index (χ0) is 14.1. The lowest BCUT2D eigenvalue weighted by Crippen LogP contribution is -2.14. The average Bonchev–Trinajstić information content (AvgIpc) is 3.07. The summed E-state index contributed by atoms with van der Waals surface area (Å²) < 4.78 is 5.28. The Morgan fingerprint density at radius 2 is 2.30 bits per heavy atom. The molecule has 0 radical (unpaired) electrons. The topological polar surface area (TPSA) is 86.3 Å². The molecule has 100 valence electrons. The fraction of sp³-hybridized carbons (Fsp3) is 0.200. The summed E-state index contributed by atoms with van der Waals surface area (Å²) in [6.45, 7) is 0. The Labute approximate surface area is 115 Å². The van der Waals surface area contributed by atoms with E-state index in [9.17, 15) is 9.90 Å². The van der Waals surface area contributed by atoms with Crippen LogP contribution >= 0.6 is 0 Å². The minimum absolute atomic E-state index is 0.0486. The molecule has 1 aliphatic carbocycles. The second-order valence-corrected chi connectivity index (χ2v) is 4.80. The lowest BCUT2D eigenvalue weighted by atomic mass is 10.2. The van der Waals surface area contributed by atoms with Crippen LogP contribution in [-0.4, -0.2) is 11.0 Å². The van der Waals surface area contributed by atoms with Crippen LogP contribution in [0.2, 0.25) is 0 Å². The van der Waals surface area contributed by atoms with Gasteiger partial charge in [0.25, 0.3) is 0 Å². The molecular weight excluding hydrogens is 256 g/mol. The number of nitrogens with one attached hydrogen (secondary N) is 1. The van der Waals surface area contributed by atoms with Crippen molar-refractivity contribution >= 4 is 11.6 Å². The molecule has 2 atom stereocenters. The molecule has 0 spiro atoms. The second kappa shape index (κ2) is 4.74. The first kappa shape index (κ1) is 12.3. The van der Waals surface area contributed by atoms with Crippen LogP contribution in [0.1, 0.15) is 23.7 Å². The summed E-state index contributed by atoms with van der Waals surface area (Å²) in [6.07, 6.45) is 2.32. The van der Waals surface area contributed by atoms with Gasteiger partial charge < -0.3 is 14.8 Å². The number of carbonyl (C=O) groups excluding carboxylic acids is 1. The largest absolute Gasteiger partial charge is 0.506 e. The smallest absolute Gasteiger partial charge is 0.228 e. The molecule has 20 heavy (non-hydrogen) atoms. The first-order valence-electron chi connectivity index (χ1n) is 6.26. The number of amides is 1. The number of carbonyl (C=O) groups is 1. The molecule has 1 heterocycles. The van der Waals surface area contributed by atoms with E-state index in [2.05, 4.69) is 5.32 Å². The van der Waals surface area contributed by atoms with Gasteiger partial charge in [-0.25, -0.2) is 0 Å². The van der Waals surface area contributed by atoms with Crippen LogP contribution < -0.4 is 5.32 Å². The quantitative estimate of drug-likeness (QED) is 0.838. The molecule has 0 aliphatic heterocycles. The third kappa shape index (κ3) is 2.24. The molecule has 5 heteroatoms. The molecule has 2 unspecified atom stereocenters. The van der Waals surface area contributed by atoms with Crippen molar-refractivity contribution in [1.82, 2.24) is 0 Å². The average molecular weight is 268 g/mol. The number of anilines is 1. The maximum Gasteiger partial charge on any atom is 0.228 e. The maximum atomic E-state index is 12.1. The molecule has 1 aromatic heterocycles. The number of hydrogen-bond donors (Lipinski definition) is 2. The van der Waals surface area contributed by atoms with Gasteiger partial charge in [-0.3, -0.25) is 4.79 Å². The van der Waals surface area contributed by atoms with E-state index in [1.165, 1.54) is 18.2 Å². The highest BCUT2D eigenvalue weighted by Gasteiger charge is 2.45. The molecule has 0 saturated heterocycles. The molecule has 2 aromatic rings. The van der Waals surface area contributed by atoms with Crippen molar-refractivity contribution in [2.75, 3.05) is 5.32 Å². The first-order chi connectivity index (χ1) is 9.69. The van der Waals surface area contributed by atoms with E-state index in [-0.39, 0.29) is 29.2 Å². The monoisotopic (exact) mass is 268 g/mol. The van der Waals surface area contributed by atoms with Gasteiger partial charge in [0.15, 0.2) is 0 Å². The number of benzene rings is 1. The molecule has 1 fully saturated rings. The summed E-state index contributed by atoms with van der Waals surface area (Å²) in [5.41, 5.74) is 0.649. The molecule has 1 amide bonds. The van der Waals surface area contributed by atoms with Crippen molar-refractivity contribution < 1.29 is 14.3 Å². The Morgan fingerprint density at radius 3 is 3.00 bits per heavy atom. The Balaban J connectivity index is 1.70. The van der Waals surface area contributed by atoms with Crippen LogP contribution in [0.3, 0.4) is 0 Å². The van der Waals surface area contributed by atoms with Crippen LogP contribution in [0.5, 0.6) is 5.75 Å². The third-order valence-electron chi connectivity index (χ3n) is 3.42. The van der Waals surface area contributed by atoms with Crippen LogP contribution in [0, 0.1) is 17.2 Å². The standard InChI is InChI=1S/C15H12N2O3/c16-8-9-3-4-13(18)12(6-9)17-15(19)11-7-10(11)14-2-1-5-20-14/h1-6,10-11,18H,7H2,(H,17,19). The fourth-order valence-electron chi connectivity index (χ4n) is 2.23. The minimum Gasteiger partial charge on any atom is -0.506 e. The zero-order valence-electron chi connectivity index (χ0n) is 10.5. The zero-order valence-corrected chi connectivity index (χ0v) is 10.5. The molecule has 0 bridgehead atoms. The van der Waals surface area contributed by atoms with Crippen LogP contribution in [0.4, 0.5) is 5.69 Å². The van der Waals surface area contributed by atoms with Crippen LogP contribution in [0.25, 0.3) is 0 Å². The highest BCUT2D eigenvalue weighted by Crippen LogP contribution is 2.48. The molecule has 1 aromatic carbocycles. The maximum absolute atomic E-state index is 12.1. The van der Waals surface area contributed by atoms with Gasteiger partial charge in [0, 0.05) is 11.8 Å². The molecule has 1 aliphatic rings. The summed E-state index contributed by atoms with van der Waals surface area (Å²) in [4.78, 5) is 12.1. The van der Waals surface area contributed by atoms with E-state index in [0.29, 0.717) is 5.56 Å². The van der Waals surface area contributed by atoms with Gasteiger partial charge in [0.05, 0.1) is 23.6 Å². The van der Waals surface area contributed by atoms with Gasteiger partial charge in [-0.15, -0.1) is 0 Å². The number of aromatic hydroxyl groups is 1. The number of rotatable bonds is 3. The van der Waals surface area contributed by atoms with E-state index in [4.69, 9.17) is 9.68 Å². The fourth-order valence-corrected chi connectivity index (χ4v) is 2.23. The predicted molar refractivity (Wildman–Crippen MR) is 71.0 cm³/mol. The number of hydrogen-bond acceptors (Lipinski definition) is 4. The van der Waals surface area contributed by atoms with Crippen molar-refractivity contribution in [3.05, 3.63) is 47.9 Å². The number of phenolic OH excluding ortho intramolecular Hbond substituents is 1. The van der Waals surface area contributed by atoms with Crippen molar-refractivity contribution in [3.63, 3.8) is 0 Å². The van der Waals surface area contributed by atoms with E-state index in [0.717, 1.165) is 12.2 Å². The molecule has 3 rings (SSSR count). The van der Waals surface area contributed by atoms with Crippen molar-refractivity contribution in [3.8, 4) is 11.8 Å².